The topological polar surface area (TPSA) is 71.3 Å². The van der Waals surface area contributed by atoms with E-state index >= 15 is 0 Å². The van der Waals surface area contributed by atoms with Crippen molar-refractivity contribution in [1.82, 2.24) is 10.9 Å². The lowest BCUT2D eigenvalue weighted by atomic mass is 9.78. The molecule has 0 spiro atoms. The van der Waals surface area contributed by atoms with Crippen LogP contribution in [-0.2, 0) is 10.2 Å². The van der Waals surface area contributed by atoms with E-state index in [-0.39, 0.29) is 11.7 Å². The highest BCUT2D eigenvalue weighted by molar-refractivity contribution is 5.97. The van der Waals surface area contributed by atoms with E-state index in [2.05, 4.69) is 10.9 Å². The first-order valence-corrected chi connectivity index (χ1v) is 8.36. The Bertz CT molecular complexity index is 790. The van der Waals surface area contributed by atoms with Gasteiger partial charge in [-0.2, -0.15) is 0 Å². The highest BCUT2D eigenvalue weighted by Crippen LogP contribution is 2.41. The highest BCUT2D eigenvalue weighted by Gasteiger charge is 2.42. The number of benzene rings is 1. The predicted molar refractivity (Wildman–Crippen MR) is 90.3 cm³/mol. The molecule has 3 rings (SSSR count). The van der Waals surface area contributed by atoms with E-state index in [0.717, 1.165) is 18.4 Å². The second-order valence-electron chi connectivity index (χ2n) is 6.53. The Kier molecular flexibility index (Phi) is 4.61. The number of furan rings is 1. The lowest BCUT2D eigenvalue weighted by Crippen LogP contribution is -2.50. The van der Waals surface area contributed by atoms with Gasteiger partial charge in [0.1, 0.15) is 17.3 Å². The minimum atomic E-state index is -0.734. The third-order valence-electron chi connectivity index (χ3n) is 4.86. The molecule has 0 unspecified atom stereocenters. The summed E-state index contributed by atoms with van der Waals surface area (Å²) in [5, 5.41) is 0. The van der Waals surface area contributed by atoms with E-state index in [1.54, 1.807) is 32.0 Å². The van der Waals surface area contributed by atoms with Gasteiger partial charge in [-0.15, -0.1) is 0 Å². The van der Waals surface area contributed by atoms with Crippen molar-refractivity contribution in [2.45, 2.75) is 44.9 Å². The van der Waals surface area contributed by atoms with Gasteiger partial charge >= 0.3 is 0 Å². The average molecular weight is 344 g/mol. The van der Waals surface area contributed by atoms with Crippen molar-refractivity contribution < 1.29 is 18.4 Å². The molecule has 1 heterocycles. The van der Waals surface area contributed by atoms with Crippen molar-refractivity contribution in [2.75, 3.05) is 0 Å². The van der Waals surface area contributed by atoms with Gasteiger partial charge in [0.05, 0.1) is 11.0 Å². The van der Waals surface area contributed by atoms with Crippen LogP contribution in [0.3, 0.4) is 0 Å². The van der Waals surface area contributed by atoms with Gasteiger partial charge in [0, 0.05) is 0 Å². The first kappa shape index (κ1) is 17.2. The highest BCUT2D eigenvalue weighted by atomic mass is 19.1. The van der Waals surface area contributed by atoms with Gasteiger partial charge in [0.25, 0.3) is 5.91 Å². The molecule has 0 radical (unpaired) electrons. The fourth-order valence-corrected chi connectivity index (χ4v) is 3.55. The van der Waals surface area contributed by atoms with E-state index in [4.69, 9.17) is 4.42 Å². The standard InChI is InChI=1S/C19H21FN2O3/c1-12-11-16(13(2)25-12)17(23)21-22-18(24)19(9-3-4-10-19)14-5-7-15(20)8-6-14/h5-8,11H,3-4,9-10H2,1-2H3,(H,21,23)(H,22,24). The van der Waals surface area contributed by atoms with E-state index < -0.39 is 11.3 Å². The summed E-state index contributed by atoms with van der Waals surface area (Å²) in [6.45, 7) is 3.45. The minimum absolute atomic E-state index is 0.275. The van der Waals surface area contributed by atoms with Crippen molar-refractivity contribution in [3.8, 4) is 0 Å². The molecule has 2 amide bonds. The van der Waals surface area contributed by atoms with Crippen LogP contribution in [0.4, 0.5) is 4.39 Å². The van der Waals surface area contributed by atoms with Gasteiger partial charge in [-0.3, -0.25) is 20.4 Å². The average Bonchev–Trinajstić information content (AvgIpc) is 3.20. The molecule has 1 aromatic carbocycles. The molecule has 2 aromatic rings. The maximum absolute atomic E-state index is 13.2. The molecule has 1 aliphatic carbocycles. The van der Waals surface area contributed by atoms with Crippen LogP contribution in [0, 0.1) is 19.7 Å². The van der Waals surface area contributed by atoms with Crippen LogP contribution >= 0.6 is 0 Å². The van der Waals surface area contributed by atoms with Crippen molar-refractivity contribution in [1.29, 1.82) is 0 Å². The molecule has 1 aliphatic rings. The minimum Gasteiger partial charge on any atom is -0.466 e. The fourth-order valence-electron chi connectivity index (χ4n) is 3.55. The van der Waals surface area contributed by atoms with Crippen LogP contribution in [0.2, 0.25) is 0 Å². The molecule has 2 N–H and O–H groups in total. The summed E-state index contributed by atoms with van der Waals surface area (Å²) in [5.74, 6) is 0.0973. The molecular formula is C19H21FN2O3. The summed E-state index contributed by atoms with van der Waals surface area (Å²) in [4.78, 5) is 25.1. The fraction of sp³-hybridized carbons (Fsp3) is 0.368. The Hall–Kier alpha value is -2.63. The SMILES string of the molecule is Cc1cc(C(=O)NNC(=O)C2(c3ccc(F)cc3)CCCC2)c(C)o1. The lowest BCUT2D eigenvalue weighted by Gasteiger charge is -2.28. The summed E-state index contributed by atoms with van der Waals surface area (Å²) < 4.78 is 18.5. The Morgan fingerprint density at radius 2 is 1.72 bits per heavy atom. The smallest absolute Gasteiger partial charge is 0.273 e. The zero-order valence-electron chi connectivity index (χ0n) is 14.3. The van der Waals surface area contributed by atoms with E-state index in [1.807, 2.05) is 0 Å². The van der Waals surface area contributed by atoms with Crippen molar-refractivity contribution in [3.05, 3.63) is 58.8 Å². The zero-order chi connectivity index (χ0) is 18.0. The summed E-state index contributed by atoms with van der Waals surface area (Å²) in [5.41, 5.74) is 5.43. The van der Waals surface area contributed by atoms with Gasteiger partial charge in [-0.25, -0.2) is 4.39 Å². The molecule has 6 heteroatoms. The van der Waals surface area contributed by atoms with Crippen LogP contribution in [0.5, 0.6) is 0 Å². The maximum atomic E-state index is 13.2. The van der Waals surface area contributed by atoms with Crippen LogP contribution in [0.25, 0.3) is 0 Å². The van der Waals surface area contributed by atoms with Crippen LogP contribution in [-0.4, -0.2) is 11.8 Å². The maximum Gasteiger partial charge on any atom is 0.273 e. The monoisotopic (exact) mass is 344 g/mol. The normalized spacial score (nSPS) is 15.8. The third kappa shape index (κ3) is 3.29. The zero-order valence-corrected chi connectivity index (χ0v) is 14.3. The summed E-state index contributed by atoms with van der Waals surface area (Å²) in [6.07, 6.45) is 3.17. The number of amides is 2. The molecule has 1 fully saturated rings. The molecule has 25 heavy (non-hydrogen) atoms. The summed E-state index contributed by atoms with van der Waals surface area (Å²) in [6, 6.07) is 7.64. The molecule has 0 bridgehead atoms. The first-order valence-electron chi connectivity index (χ1n) is 8.36. The summed E-state index contributed by atoms with van der Waals surface area (Å²) >= 11 is 0. The Balaban J connectivity index is 1.75. The number of hydrogen-bond donors (Lipinski definition) is 2. The van der Waals surface area contributed by atoms with Crippen LogP contribution in [0.15, 0.2) is 34.7 Å². The molecule has 5 nitrogen and oxygen atoms in total. The van der Waals surface area contributed by atoms with Crippen molar-refractivity contribution >= 4 is 11.8 Å². The van der Waals surface area contributed by atoms with Crippen molar-refractivity contribution in [2.24, 2.45) is 0 Å². The molecule has 132 valence electrons. The summed E-state index contributed by atoms with van der Waals surface area (Å²) in [7, 11) is 0. The number of aryl methyl sites for hydroxylation is 2. The second kappa shape index (κ2) is 6.70. The van der Waals surface area contributed by atoms with Gasteiger partial charge in [-0.1, -0.05) is 25.0 Å². The Morgan fingerprint density at radius 1 is 1.08 bits per heavy atom. The number of halogens is 1. The Morgan fingerprint density at radius 3 is 2.28 bits per heavy atom. The van der Waals surface area contributed by atoms with Gasteiger partial charge < -0.3 is 4.42 Å². The number of hydrazine groups is 1. The number of hydrogen-bond acceptors (Lipinski definition) is 3. The molecule has 1 aromatic heterocycles. The third-order valence-corrected chi connectivity index (χ3v) is 4.86. The number of carbonyl (C=O) groups excluding carboxylic acids is 2. The Labute approximate surface area is 145 Å². The largest absolute Gasteiger partial charge is 0.466 e. The molecule has 0 aliphatic heterocycles. The van der Waals surface area contributed by atoms with E-state index in [0.29, 0.717) is 29.9 Å². The quantitative estimate of drug-likeness (QED) is 0.839. The molecule has 0 saturated heterocycles. The van der Waals surface area contributed by atoms with Crippen molar-refractivity contribution in [3.63, 3.8) is 0 Å². The van der Waals surface area contributed by atoms with E-state index in [1.165, 1.54) is 12.1 Å². The van der Waals surface area contributed by atoms with Gasteiger partial charge in [0.15, 0.2) is 0 Å². The first-order chi connectivity index (χ1) is 11.9. The van der Waals surface area contributed by atoms with E-state index in [9.17, 15) is 14.0 Å². The second-order valence-corrected chi connectivity index (χ2v) is 6.53. The number of carbonyl (C=O) groups is 2. The van der Waals surface area contributed by atoms with Gasteiger partial charge in [-0.05, 0) is 50.5 Å². The molecular weight excluding hydrogens is 323 g/mol. The predicted octanol–water partition coefficient (Wildman–Crippen LogP) is 3.31. The molecule has 1 saturated carbocycles. The number of nitrogens with one attached hydrogen (secondary N) is 2. The lowest BCUT2D eigenvalue weighted by molar-refractivity contribution is -0.127. The molecule has 0 atom stereocenters. The van der Waals surface area contributed by atoms with Gasteiger partial charge in [0.2, 0.25) is 5.91 Å². The van der Waals surface area contributed by atoms with Crippen LogP contribution in [0.1, 0.15) is 53.1 Å². The van der Waals surface area contributed by atoms with Crippen LogP contribution < -0.4 is 10.9 Å². The number of rotatable bonds is 3.